The number of hydrogen-bond donors (Lipinski definition) is 1. The maximum absolute atomic E-state index is 10.3. The first-order valence-electron chi connectivity index (χ1n) is 10.4. The van der Waals surface area contributed by atoms with Crippen LogP contribution in [0.25, 0.3) is 0 Å². The first-order chi connectivity index (χ1) is 14.2. The molecule has 1 heterocycles. The van der Waals surface area contributed by atoms with Crippen LogP contribution in [0.15, 0.2) is 46.8 Å². The smallest absolute Gasteiger partial charge is 0.149 e. The van der Waals surface area contributed by atoms with Crippen molar-refractivity contribution < 1.29 is 5.11 Å². The van der Waals surface area contributed by atoms with Crippen LogP contribution in [0.3, 0.4) is 0 Å². The van der Waals surface area contributed by atoms with Crippen molar-refractivity contribution in [2.75, 3.05) is 0 Å². The van der Waals surface area contributed by atoms with E-state index in [1.54, 1.807) is 18.5 Å². The molecule has 150 valence electrons. The lowest BCUT2D eigenvalue weighted by molar-refractivity contribution is 0.465. The van der Waals surface area contributed by atoms with Gasteiger partial charge in [-0.3, -0.25) is 9.98 Å². The minimum Gasteiger partial charge on any atom is -0.508 e. The molecule has 2 aliphatic rings. The molecule has 0 amide bonds. The Balaban J connectivity index is 1.40. The molecule has 0 aliphatic heterocycles. The van der Waals surface area contributed by atoms with Crippen molar-refractivity contribution >= 4 is 12.9 Å². The van der Waals surface area contributed by atoms with Crippen molar-refractivity contribution in [1.29, 1.82) is 0 Å². The highest BCUT2D eigenvalue weighted by molar-refractivity contribution is 5.70. The summed E-state index contributed by atoms with van der Waals surface area (Å²) in [6.45, 7) is 6.00. The van der Waals surface area contributed by atoms with Crippen LogP contribution in [0, 0.1) is 12.8 Å². The van der Waals surface area contributed by atoms with Crippen molar-refractivity contribution in [1.82, 2.24) is 9.97 Å². The highest BCUT2D eigenvalue weighted by Crippen LogP contribution is 2.55. The van der Waals surface area contributed by atoms with Gasteiger partial charge in [-0.2, -0.15) is 0 Å². The maximum Gasteiger partial charge on any atom is 0.149 e. The quantitative estimate of drug-likeness (QED) is 0.622. The van der Waals surface area contributed by atoms with Gasteiger partial charge in [0.05, 0.1) is 6.54 Å². The van der Waals surface area contributed by atoms with Crippen LogP contribution >= 0.6 is 0 Å². The lowest BCUT2D eigenvalue weighted by Crippen LogP contribution is -1.98. The Bertz CT molecular complexity index is 929. The summed E-state index contributed by atoms with van der Waals surface area (Å²) in [6, 6.07) is 3.99. The fourth-order valence-electron chi connectivity index (χ4n) is 4.07. The van der Waals surface area contributed by atoms with E-state index in [0.29, 0.717) is 30.0 Å². The fourth-order valence-corrected chi connectivity index (χ4v) is 4.07. The average molecular weight is 389 g/mol. The summed E-state index contributed by atoms with van der Waals surface area (Å²) in [6.07, 6.45) is 14.9. The van der Waals surface area contributed by atoms with Crippen LogP contribution in [0.4, 0.5) is 0 Å². The van der Waals surface area contributed by atoms with Gasteiger partial charge in [0.25, 0.3) is 0 Å². The van der Waals surface area contributed by atoms with Gasteiger partial charge in [-0.1, -0.05) is 18.9 Å². The lowest BCUT2D eigenvalue weighted by atomic mass is 9.93. The Morgan fingerprint density at radius 1 is 1.21 bits per heavy atom. The first-order valence-corrected chi connectivity index (χ1v) is 10.4. The SMILES string of the molecule is C=N/C=C\C=N/Cc1ncc(C2CC2c2ccc(O)c(CCC3CC3)c2C)cn1. The number of aromatic hydroxyl groups is 1. The van der Waals surface area contributed by atoms with E-state index < -0.39 is 0 Å². The van der Waals surface area contributed by atoms with Crippen LogP contribution in [-0.2, 0) is 13.0 Å². The van der Waals surface area contributed by atoms with E-state index >= 15 is 0 Å². The number of allylic oxidation sites excluding steroid dienone is 1. The van der Waals surface area contributed by atoms with Crippen molar-refractivity contribution in [3.63, 3.8) is 0 Å². The zero-order chi connectivity index (χ0) is 20.2. The van der Waals surface area contributed by atoms with E-state index in [1.165, 1.54) is 36.0 Å². The number of hydrogen-bond acceptors (Lipinski definition) is 5. The predicted octanol–water partition coefficient (Wildman–Crippen LogP) is 4.89. The Morgan fingerprint density at radius 2 is 2.00 bits per heavy atom. The molecule has 1 aromatic carbocycles. The molecule has 2 aromatic rings. The zero-order valence-corrected chi connectivity index (χ0v) is 17.0. The number of phenolic OH excluding ortho intramolecular Hbond substituents is 1. The highest BCUT2D eigenvalue weighted by atomic mass is 16.3. The van der Waals surface area contributed by atoms with Crippen molar-refractivity contribution in [3.8, 4) is 5.75 Å². The predicted molar refractivity (Wildman–Crippen MR) is 117 cm³/mol. The Kier molecular flexibility index (Phi) is 5.84. The molecule has 1 aromatic heterocycles. The second-order valence-corrected chi connectivity index (χ2v) is 8.15. The van der Waals surface area contributed by atoms with Crippen LogP contribution < -0.4 is 0 Å². The number of nitrogens with zero attached hydrogens (tertiary/aromatic N) is 4. The van der Waals surface area contributed by atoms with Gasteiger partial charge in [0.2, 0.25) is 0 Å². The van der Waals surface area contributed by atoms with Gasteiger partial charge in [0, 0.05) is 24.8 Å². The van der Waals surface area contributed by atoms with Gasteiger partial charge < -0.3 is 5.11 Å². The minimum atomic E-state index is 0.455. The summed E-state index contributed by atoms with van der Waals surface area (Å²) in [5.41, 5.74) is 4.97. The minimum absolute atomic E-state index is 0.455. The molecule has 2 aliphatic carbocycles. The zero-order valence-electron chi connectivity index (χ0n) is 17.0. The number of benzene rings is 1. The van der Waals surface area contributed by atoms with Crippen LogP contribution in [-0.4, -0.2) is 28.0 Å². The summed E-state index contributed by atoms with van der Waals surface area (Å²) < 4.78 is 0. The molecule has 2 atom stereocenters. The second-order valence-electron chi connectivity index (χ2n) is 8.15. The molecule has 0 spiro atoms. The van der Waals surface area contributed by atoms with Crippen LogP contribution in [0.1, 0.15) is 65.6 Å². The standard InChI is InChI=1S/C24H28N4O/c1-16-19(8-9-23(29)20(16)7-6-17-4-5-17)22-12-21(22)18-13-27-24(28-14-18)15-26-11-3-10-25-2/h3,8-11,13-14,17,21-22,29H,2,4-7,12,15H2,1H3/b10-3-,26-11-. The van der Waals surface area contributed by atoms with Gasteiger partial charge in [-0.25, -0.2) is 9.97 Å². The molecule has 2 saturated carbocycles. The van der Waals surface area contributed by atoms with Gasteiger partial charge >= 0.3 is 0 Å². The van der Waals surface area contributed by atoms with Crippen molar-refractivity contribution in [2.45, 2.75) is 57.4 Å². The molecule has 2 unspecified atom stereocenters. The summed E-state index contributed by atoms with van der Waals surface area (Å²) in [4.78, 5) is 16.8. The lowest BCUT2D eigenvalue weighted by Gasteiger charge is -2.13. The molecule has 0 saturated heterocycles. The summed E-state index contributed by atoms with van der Waals surface area (Å²) >= 11 is 0. The normalized spacial score (nSPS) is 21.1. The molecule has 2 fully saturated rings. The largest absolute Gasteiger partial charge is 0.508 e. The molecule has 1 N–H and O–H groups in total. The number of aromatic nitrogens is 2. The third kappa shape index (κ3) is 4.78. The third-order valence-electron chi connectivity index (χ3n) is 6.07. The van der Waals surface area contributed by atoms with E-state index in [1.807, 2.05) is 18.5 Å². The average Bonchev–Trinajstić information content (AvgIpc) is 3.63. The Hall–Kier alpha value is -2.82. The molecule has 4 rings (SSSR count). The van der Waals surface area contributed by atoms with Crippen molar-refractivity contribution in [2.24, 2.45) is 15.9 Å². The Morgan fingerprint density at radius 3 is 2.72 bits per heavy atom. The van der Waals surface area contributed by atoms with Gasteiger partial charge in [-0.05, 0) is 85.1 Å². The Labute approximate surface area is 172 Å². The van der Waals surface area contributed by atoms with E-state index in [9.17, 15) is 5.11 Å². The van der Waals surface area contributed by atoms with E-state index in [0.717, 1.165) is 24.3 Å². The molecule has 0 radical (unpaired) electrons. The maximum atomic E-state index is 10.3. The molecule has 5 heteroatoms. The van der Waals surface area contributed by atoms with Gasteiger partial charge in [0.1, 0.15) is 11.6 Å². The molecule has 29 heavy (non-hydrogen) atoms. The number of rotatable bonds is 9. The van der Waals surface area contributed by atoms with Crippen LogP contribution in [0.5, 0.6) is 5.75 Å². The molecular weight excluding hydrogens is 360 g/mol. The van der Waals surface area contributed by atoms with E-state index in [-0.39, 0.29) is 0 Å². The highest BCUT2D eigenvalue weighted by Gasteiger charge is 2.41. The monoisotopic (exact) mass is 388 g/mol. The second kappa shape index (κ2) is 8.68. The third-order valence-corrected chi connectivity index (χ3v) is 6.07. The number of aliphatic imine (C=N–C) groups is 2. The van der Waals surface area contributed by atoms with E-state index in [4.69, 9.17) is 0 Å². The molecule has 5 nitrogen and oxygen atoms in total. The summed E-state index contributed by atoms with van der Waals surface area (Å²) in [5.74, 6) is 3.01. The molecule has 0 bridgehead atoms. The number of phenols is 1. The summed E-state index contributed by atoms with van der Waals surface area (Å²) in [7, 11) is 0. The first kappa shape index (κ1) is 19.5. The van der Waals surface area contributed by atoms with Gasteiger partial charge in [0.15, 0.2) is 0 Å². The topological polar surface area (TPSA) is 70.7 Å². The van der Waals surface area contributed by atoms with E-state index in [2.05, 4.69) is 39.7 Å². The fraction of sp³-hybridized carbons (Fsp3) is 0.417. The van der Waals surface area contributed by atoms with Crippen molar-refractivity contribution in [3.05, 3.63) is 64.9 Å². The molecular formula is C24H28N4O. The van der Waals surface area contributed by atoms with Crippen LogP contribution in [0.2, 0.25) is 0 Å². The summed E-state index contributed by atoms with van der Waals surface area (Å²) in [5, 5.41) is 10.3. The van der Waals surface area contributed by atoms with Gasteiger partial charge in [-0.15, -0.1) is 0 Å².